The van der Waals surface area contributed by atoms with Crippen LogP contribution in [0, 0.1) is 29.1 Å². The van der Waals surface area contributed by atoms with Gasteiger partial charge >= 0.3 is 0 Å². The summed E-state index contributed by atoms with van der Waals surface area (Å²) in [7, 11) is 1.61. The van der Waals surface area contributed by atoms with Crippen molar-refractivity contribution >= 4 is 11.8 Å². The fraction of sp³-hybridized carbons (Fsp3) is 0.692. The monoisotopic (exact) mass is 442 g/mol. The van der Waals surface area contributed by atoms with Crippen molar-refractivity contribution in [1.82, 2.24) is 10.6 Å². The fourth-order valence-electron chi connectivity index (χ4n) is 6.25. The normalized spacial score (nSPS) is 35.3. The first-order valence-corrected chi connectivity index (χ1v) is 12.2. The zero-order valence-electron chi connectivity index (χ0n) is 19.8. The number of fused-ring (bicyclic) bond motifs is 1. The molecule has 0 spiro atoms. The molecule has 3 N–H and O–H groups in total. The van der Waals surface area contributed by atoms with Gasteiger partial charge in [-0.3, -0.25) is 9.59 Å². The molecule has 1 aromatic rings. The second kappa shape index (κ2) is 9.05. The van der Waals surface area contributed by atoms with Gasteiger partial charge in [-0.25, -0.2) is 0 Å². The lowest BCUT2D eigenvalue weighted by molar-refractivity contribution is -0.142. The fourth-order valence-corrected chi connectivity index (χ4v) is 6.25. The Kier molecular flexibility index (Phi) is 6.53. The van der Waals surface area contributed by atoms with Gasteiger partial charge in [0.15, 0.2) is 0 Å². The average Bonchev–Trinajstić information content (AvgIpc) is 3.59. The number of aliphatic hydroxyl groups is 1. The third-order valence-corrected chi connectivity index (χ3v) is 8.54. The number of rotatable bonds is 6. The van der Waals surface area contributed by atoms with Crippen LogP contribution in [0.15, 0.2) is 24.3 Å². The van der Waals surface area contributed by atoms with Crippen molar-refractivity contribution in [1.29, 1.82) is 0 Å². The molecule has 32 heavy (non-hydrogen) atoms. The predicted molar refractivity (Wildman–Crippen MR) is 123 cm³/mol. The molecule has 7 atom stereocenters. The molecule has 2 amide bonds. The predicted octanol–water partition coefficient (Wildman–Crippen LogP) is 3.53. The smallest absolute Gasteiger partial charge is 0.251 e. The molecule has 0 radical (unpaired) electrons. The van der Waals surface area contributed by atoms with Gasteiger partial charge in [0.2, 0.25) is 5.91 Å². The number of nitrogens with one attached hydrogen (secondary N) is 2. The van der Waals surface area contributed by atoms with Crippen LogP contribution in [0.2, 0.25) is 0 Å². The van der Waals surface area contributed by atoms with Crippen LogP contribution >= 0.6 is 0 Å². The van der Waals surface area contributed by atoms with Crippen LogP contribution in [0.25, 0.3) is 0 Å². The number of amides is 2. The minimum absolute atomic E-state index is 0.00618. The molecule has 4 rings (SSSR count). The van der Waals surface area contributed by atoms with Gasteiger partial charge in [-0.15, -0.1) is 0 Å². The van der Waals surface area contributed by atoms with Gasteiger partial charge in [-0.05, 0) is 86.0 Å². The minimum atomic E-state index is -0.538. The van der Waals surface area contributed by atoms with Gasteiger partial charge in [0.1, 0.15) is 5.75 Å². The lowest BCUT2D eigenvalue weighted by Gasteiger charge is -2.56. The second-order valence-electron chi connectivity index (χ2n) is 10.7. The van der Waals surface area contributed by atoms with E-state index in [0.29, 0.717) is 11.6 Å². The molecule has 0 unspecified atom stereocenters. The highest BCUT2D eigenvalue weighted by Gasteiger charge is 2.54. The molecular formula is C26H38N2O4. The van der Waals surface area contributed by atoms with Crippen LogP contribution in [0.3, 0.4) is 0 Å². The van der Waals surface area contributed by atoms with E-state index in [9.17, 15) is 14.7 Å². The summed E-state index contributed by atoms with van der Waals surface area (Å²) in [5.74, 6) is 0.668. The van der Waals surface area contributed by atoms with Gasteiger partial charge in [0.25, 0.3) is 5.91 Å². The van der Waals surface area contributed by atoms with Crippen molar-refractivity contribution in [3.05, 3.63) is 29.8 Å². The highest BCUT2D eigenvalue weighted by atomic mass is 16.5. The van der Waals surface area contributed by atoms with Gasteiger partial charge in [0, 0.05) is 23.6 Å². The van der Waals surface area contributed by atoms with Crippen molar-refractivity contribution in [3.63, 3.8) is 0 Å². The summed E-state index contributed by atoms with van der Waals surface area (Å²) < 4.78 is 5.18. The van der Waals surface area contributed by atoms with Crippen molar-refractivity contribution in [2.45, 2.75) is 77.5 Å². The quantitative estimate of drug-likeness (QED) is 0.629. The molecule has 176 valence electrons. The van der Waals surface area contributed by atoms with E-state index in [1.54, 1.807) is 31.4 Å². The Labute approximate surface area is 191 Å². The summed E-state index contributed by atoms with van der Waals surface area (Å²) in [6.45, 7) is 6.40. The summed E-state index contributed by atoms with van der Waals surface area (Å²) in [5, 5.41) is 17.8. The molecule has 6 nitrogen and oxygen atoms in total. The number of aliphatic hydroxyl groups excluding tert-OH is 1. The molecule has 3 saturated carbocycles. The molecule has 0 bridgehead atoms. The first kappa shape index (κ1) is 23.1. The summed E-state index contributed by atoms with van der Waals surface area (Å²) in [5.41, 5.74) is 0.655. The Morgan fingerprint density at radius 3 is 2.38 bits per heavy atom. The van der Waals surface area contributed by atoms with Gasteiger partial charge in [-0.1, -0.05) is 20.8 Å². The van der Waals surface area contributed by atoms with Crippen molar-refractivity contribution in [2.75, 3.05) is 7.11 Å². The van der Waals surface area contributed by atoms with Crippen LogP contribution < -0.4 is 15.4 Å². The maximum absolute atomic E-state index is 12.9. The van der Waals surface area contributed by atoms with Crippen molar-refractivity contribution < 1.29 is 19.4 Å². The van der Waals surface area contributed by atoms with E-state index in [0.717, 1.165) is 44.3 Å². The Bertz CT molecular complexity index is 837. The van der Waals surface area contributed by atoms with E-state index >= 15 is 0 Å². The largest absolute Gasteiger partial charge is 0.497 e. The van der Waals surface area contributed by atoms with Gasteiger partial charge in [0.05, 0.1) is 13.2 Å². The Morgan fingerprint density at radius 2 is 1.75 bits per heavy atom. The maximum atomic E-state index is 12.9. The number of benzene rings is 1. The zero-order valence-corrected chi connectivity index (χ0v) is 19.8. The zero-order chi connectivity index (χ0) is 23.0. The number of hydrogen-bond donors (Lipinski definition) is 3. The topological polar surface area (TPSA) is 87.7 Å². The van der Waals surface area contributed by atoms with Crippen LogP contribution in [0.1, 0.15) is 69.7 Å². The van der Waals surface area contributed by atoms with Crippen LogP contribution in [0.5, 0.6) is 5.75 Å². The first-order valence-electron chi connectivity index (χ1n) is 12.2. The molecule has 0 aromatic heterocycles. The summed E-state index contributed by atoms with van der Waals surface area (Å²) in [6.07, 6.45) is 5.38. The molecular weight excluding hydrogens is 404 g/mol. The molecule has 0 saturated heterocycles. The standard InChI is InChI=1S/C26H38N2O4/c1-15(24(30)27-18-7-8-18)20-11-13-26(3)14-12-21(16(2)22(26)23(20)29)28-25(31)17-5-9-19(32-4)10-6-17/h5-6,9-10,15-16,18,20-23,29H,7-8,11-14H2,1-4H3,(H,27,30)(H,28,31)/t15-,16-,20-,21-,22+,23-,26+/m0/s1. The Balaban J connectivity index is 1.45. The molecule has 6 heteroatoms. The van der Waals surface area contributed by atoms with E-state index in [1.807, 2.05) is 6.92 Å². The van der Waals surface area contributed by atoms with Crippen molar-refractivity contribution in [2.24, 2.45) is 29.1 Å². The third kappa shape index (κ3) is 4.52. The van der Waals surface area contributed by atoms with Crippen LogP contribution in [-0.2, 0) is 4.79 Å². The highest BCUT2D eigenvalue weighted by molar-refractivity contribution is 5.94. The van der Waals surface area contributed by atoms with Crippen LogP contribution in [0.4, 0.5) is 0 Å². The Morgan fingerprint density at radius 1 is 1.09 bits per heavy atom. The average molecular weight is 443 g/mol. The number of carbonyl (C=O) groups excluding carboxylic acids is 2. The molecule has 3 fully saturated rings. The molecule has 0 heterocycles. The molecule has 0 aliphatic heterocycles. The molecule has 3 aliphatic carbocycles. The lowest BCUT2D eigenvalue weighted by Crippen LogP contribution is -2.58. The van der Waals surface area contributed by atoms with Gasteiger partial charge in [-0.2, -0.15) is 0 Å². The maximum Gasteiger partial charge on any atom is 0.251 e. The number of hydrogen-bond acceptors (Lipinski definition) is 4. The van der Waals surface area contributed by atoms with E-state index in [4.69, 9.17) is 4.74 Å². The number of methoxy groups -OCH3 is 1. The summed E-state index contributed by atoms with van der Waals surface area (Å²) in [6, 6.07) is 7.47. The Hall–Kier alpha value is -2.08. The van der Waals surface area contributed by atoms with E-state index in [2.05, 4.69) is 24.5 Å². The SMILES string of the molecule is COc1ccc(C(=O)N[C@H]2CC[C@@]3(C)CC[C@@H]([C@H](C)C(=O)NC4CC4)[C@H](O)[C@H]3[C@H]2C)cc1. The number of carbonyl (C=O) groups is 2. The van der Waals surface area contributed by atoms with Crippen molar-refractivity contribution in [3.8, 4) is 5.75 Å². The second-order valence-corrected chi connectivity index (χ2v) is 10.7. The highest BCUT2D eigenvalue weighted by Crippen LogP contribution is 2.55. The van der Waals surface area contributed by atoms with Crippen LogP contribution in [-0.4, -0.2) is 42.2 Å². The lowest BCUT2D eigenvalue weighted by atomic mass is 9.51. The summed E-state index contributed by atoms with van der Waals surface area (Å²) in [4.78, 5) is 25.6. The van der Waals surface area contributed by atoms with E-state index in [-0.39, 0.29) is 46.9 Å². The molecule has 3 aliphatic rings. The molecule has 1 aromatic carbocycles. The third-order valence-electron chi connectivity index (χ3n) is 8.54. The number of ether oxygens (including phenoxy) is 1. The summed E-state index contributed by atoms with van der Waals surface area (Å²) >= 11 is 0. The van der Waals surface area contributed by atoms with E-state index in [1.165, 1.54) is 0 Å². The first-order chi connectivity index (χ1) is 15.2. The van der Waals surface area contributed by atoms with E-state index < -0.39 is 6.10 Å². The van der Waals surface area contributed by atoms with Gasteiger partial charge < -0.3 is 20.5 Å². The minimum Gasteiger partial charge on any atom is -0.497 e.